The molecule has 32 heavy (non-hydrogen) atoms. The second kappa shape index (κ2) is 10.4. The second-order valence-corrected chi connectivity index (χ2v) is 8.88. The number of ether oxygens (including phenoxy) is 2. The number of carbonyl (C=O) groups is 1. The molecule has 1 aromatic heterocycles. The van der Waals surface area contributed by atoms with Crippen LogP contribution in [0.2, 0.25) is 0 Å². The first-order valence-corrected chi connectivity index (χ1v) is 11.1. The summed E-state index contributed by atoms with van der Waals surface area (Å²) in [5, 5.41) is 9.96. The van der Waals surface area contributed by atoms with Gasteiger partial charge in [-0.3, -0.25) is 9.78 Å². The van der Waals surface area contributed by atoms with Crippen LogP contribution in [-0.4, -0.2) is 35.4 Å². The van der Waals surface area contributed by atoms with Gasteiger partial charge in [-0.25, -0.2) is 4.39 Å². The van der Waals surface area contributed by atoms with Gasteiger partial charge in [-0.05, 0) is 41.2 Å². The van der Waals surface area contributed by atoms with Gasteiger partial charge in [0.15, 0.2) is 0 Å². The lowest BCUT2D eigenvalue weighted by molar-refractivity contribution is -0.156. The van der Waals surface area contributed by atoms with Crippen LogP contribution in [0.25, 0.3) is 17.2 Å². The second-order valence-electron chi connectivity index (χ2n) is 8.88. The highest BCUT2D eigenvalue weighted by atomic mass is 19.1. The summed E-state index contributed by atoms with van der Waals surface area (Å²) in [6.07, 6.45) is 2.88. The van der Waals surface area contributed by atoms with E-state index in [2.05, 4.69) is 27.7 Å². The number of hydrogen-bond acceptors (Lipinski definition) is 5. The molecule has 0 unspecified atom stereocenters. The van der Waals surface area contributed by atoms with Crippen molar-refractivity contribution < 1.29 is 23.8 Å². The molecular formula is C26H32FNO4. The fourth-order valence-corrected chi connectivity index (χ4v) is 4.13. The summed E-state index contributed by atoms with van der Waals surface area (Å²) >= 11 is 0. The van der Waals surface area contributed by atoms with E-state index < -0.39 is 18.2 Å². The van der Waals surface area contributed by atoms with Gasteiger partial charge in [0.1, 0.15) is 11.9 Å². The number of cyclic esters (lactones) is 1. The Hall–Kier alpha value is -2.57. The van der Waals surface area contributed by atoms with E-state index in [1.54, 1.807) is 19.2 Å². The Morgan fingerprint density at radius 1 is 1.22 bits per heavy atom. The molecule has 1 aliphatic heterocycles. The number of benzene rings is 1. The topological polar surface area (TPSA) is 68.7 Å². The third-order valence-electron chi connectivity index (χ3n) is 5.58. The van der Waals surface area contributed by atoms with Gasteiger partial charge in [0.2, 0.25) is 0 Å². The van der Waals surface area contributed by atoms with Crippen molar-refractivity contribution in [3.8, 4) is 11.1 Å². The molecule has 1 aromatic carbocycles. The van der Waals surface area contributed by atoms with E-state index in [9.17, 15) is 14.3 Å². The number of aliphatic hydroxyl groups excluding tert-OH is 1. The van der Waals surface area contributed by atoms with Crippen LogP contribution >= 0.6 is 0 Å². The summed E-state index contributed by atoms with van der Waals surface area (Å²) in [5.41, 5.74) is 5.51. The van der Waals surface area contributed by atoms with Crippen molar-refractivity contribution in [2.24, 2.45) is 0 Å². The number of nitrogens with zero attached hydrogens (tertiary/aromatic N) is 1. The van der Waals surface area contributed by atoms with Crippen molar-refractivity contribution in [2.45, 2.75) is 71.2 Å². The Kier molecular flexibility index (Phi) is 7.80. The molecule has 1 fully saturated rings. The molecule has 0 bridgehead atoms. The summed E-state index contributed by atoms with van der Waals surface area (Å²) in [7, 11) is 1.65. The fourth-order valence-electron chi connectivity index (χ4n) is 4.13. The number of halogens is 1. The van der Waals surface area contributed by atoms with E-state index >= 15 is 0 Å². The minimum Gasteiger partial charge on any atom is -0.458 e. The van der Waals surface area contributed by atoms with Gasteiger partial charge in [0, 0.05) is 30.4 Å². The van der Waals surface area contributed by atoms with E-state index in [0.29, 0.717) is 13.0 Å². The number of methoxy groups -OCH3 is 1. The first kappa shape index (κ1) is 24.1. The Balaban J connectivity index is 2.24. The van der Waals surface area contributed by atoms with Crippen LogP contribution in [0.4, 0.5) is 4.39 Å². The zero-order chi connectivity index (χ0) is 23.4. The lowest BCUT2D eigenvalue weighted by Crippen LogP contribution is -2.31. The van der Waals surface area contributed by atoms with Gasteiger partial charge in [0.25, 0.3) is 0 Å². The number of pyridine rings is 1. The van der Waals surface area contributed by atoms with Crippen LogP contribution in [0.5, 0.6) is 0 Å². The summed E-state index contributed by atoms with van der Waals surface area (Å²) in [5.74, 6) is -0.411. The van der Waals surface area contributed by atoms with Gasteiger partial charge in [-0.15, -0.1) is 0 Å². The van der Waals surface area contributed by atoms with Crippen LogP contribution in [0.3, 0.4) is 0 Å². The quantitative estimate of drug-likeness (QED) is 0.584. The number of aliphatic hydroxyl groups is 1. The molecule has 2 atom stereocenters. The number of rotatable bonds is 7. The zero-order valence-corrected chi connectivity index (χ0v) is 19.4. The SMILES string of the molecule is COCc1c(C(C)C)nc(C(C)C)c(/[14CH]=C/[C@@H]2C[C@@H](O)CC(=O)O2)c1-c1ccc(F)cc1. The highest BCUT2D eigenvalue weighted by Gasteiger charge is 2.27. The van der Waals surface area contributed by atoms with Gasteiger partial charge in [-0.1, -0.05) is 45.9 Å². The molecule has 0 saturated carbocycles. The maximum absolute atomic E-state index is 13.7. The summed E-state index contributed by atoms with van der Waals surface area (Å²) in [4.78, 5) is 16.8. The number of carbonyl (C=O) groups excluding carboxylic acids is 1. The van der Waals surface area contributed by atoms with E-state index in [0.717, 1.165) is 33.6 Å². The predicted molar refractivity (Wildman–Crippen MR) is 123 cm³/mol. The summed E-state index contributed by atoms with van der Waals surface area (Å²) < 4.78 is 24.6. The van der Waals surface area contributed by atoms with Crippen molar-refractivity contribution in [2.75, 3.05) is 7.11 Å². The Morgan fingerprint density at radius 2 is 1.88 bits per heavy atom. The molecule has 1 N–H and O–H groups in total. The van der Waals surface area contributed by atoms with Crippen molar-refractivity contribution >= 4 is 12.0 Å². The molecule has 0 amide bonds. The monoisotopic (exact) mass is 443 g/mol. The molecule has 0 spiro atoms. The van der Waals surface area contributed by atoms with Gasteiger partial charge < -0.3 is 14.6 Å². The predicted octanol–water partition coefficient (Wildman–Crippen LogP) is 5.36. The highest BCUT2D eigenvalue weighted by Crippen LogP contribution is 2.38. The van der Waals surface area contributed by atoms with Gasteiger partial charge >= 0.3 is 5.97 Å². The first-order chi connectivity index (χ1) is 15.2. The lowest BCUT2D eigenvalue weighted by Gasteiger charge is -2.25. The minimum atomic E-state index is -0.711. The summed E-state index contributed by atoms with van der Waals surface area (Å²) in [6.45, 7) is 8.72. The molecule has 2 heterocycles. The van der Waals surface area contributed by atoms with Crippen LogP contribution in [0, 0.1) is 5.82 Å². The number of hydrogen-bond donors (Lipinski definition) is 1. The van der Waals surface area contributed by atoms with E-state index in [1.165, 1.54) is 12.1 Å². The largest absolute Gasteiger partial charge is 0.458 e. The van der Waals surface area contributed by atoms with Crippen molar-refractivity contribution in [1.29, 1.82) is 0 Å². The van der Waals surface area contributed by atoms with Gasteiger partial charge in [-0.2, -0.15) is 0 Å². The Morgan fingerprint density at radius 3 is 2.44 bits per heavy atom. The molecule has 0 aliphatic carbocycles. The Labute approximate surface area is 189 Å². The molecule has 1 aliphatic rings. The van der Waals surface area contributed by atoms with Gasteiger partial charge in [0.05, 0.1) is 24.8 Å². The minimum absolute atomic E-state index is 0.0189. The van der Waals surface area contributed by atoms with Crippen molar-refractivity contribution in [1.82, 2.24) is 4.98 Å². The van der Waals surface area contributed by atoms with Crippen LogP contribution in [0.1, 0.15) is 74.9 Å². The average Bonchev–Trinajstić information content (AvgIpc) is 2.72. The maximum Gasteiger partial charge on any atom is 0.309 e. The molecular weight excluding hydrogens is 411 g/mol. The highest BCUT2D eigenvalue weighted by molar-refractivity contribution is 5.80. The molecule has 172 valence electrons. The maximum atomic E-state index is 13.7. The number of esters is 1. The summed E-state index contributed by atoms with van der Waals surface area (Å²) in [6, 6.07) is 6.42. The van der Waals surface area contributed by atoms with E-state index in [1.807, 2.05) is 12.2 Å². The third-order valence-corrected chi connectivity index (χ3v) is 5.58. The average molecular weight is 444 g/mol. The molecule has 0 radical (unpaired) electrons. The van der Waals surface area contributed by atoms with Crippen LogP contribution in [0.15, 0.2) is 30.3 Å². The molecule has 6 heteroatoms. The van der Waals surface area contributed by atoms with Crippen LogP contribution in [-0.2, 0) is 20.9 Å². The lowest BCUT2D eigenvalue weighted by atomic mass is 9.90. The molecule has 2 aromatic rings. The Bertz CT molecular complexity index is 982. The molecule has 3 rings (SSSR count). The fraction of sp³-hybridized carbons (Fsp3) is 0.462. The van der Waals surface area contributed by atoms with E-state index in [4.69, 9.17) is 14.5 Å². The first-order valence-electron chi connectivity index (χ1n) is 11.1. The molecule has 1 saturated heterocycles. The smallest absolute Gasteiger partial charge is 0.309 e. The number of aromatic nitrogens is 1. The van der Waals surface area contributed by atoms with Crippen molar-refractivity contribution in [3.05, 3.63) is 58.7 Å². The van der Waals surface area contributed by atoms with E-state index in [-0.39, 0.29) is 24.1 Å². The standard InChI is InChI=1S/C26H32FNO4/c1-15(2)25-21(11-10-20-12-19(29)13-23(30)32-20)24(17-6-8-18(27)9-7-17)22(14-31-5)26(28-25)16(3)4/h6-11,15-16,19-20,29H,12-14H2,1-5H3/b11-10+/t19-,20-/m1/s1/i11+2. The normalized spacial score (nSPS) is 19.2. The third kappa shape index (κ3) is 5.43. The van der Waals surface area contributed by atoms with Crippen molar-refractivity contribution in [3.63, 3.8) is 0 Å². The zero-order valence-electron chi connectivity index (χ0n) is 19.4. The van der Waals surface area contributed by atoms with Crippen LogP contribution < -0.4 is 0 Å². The molecule has 5 nitrogen and oxygen atoms in total.